The Morgan fingerprint density at radius 3 is 3.00 bits per heavy atom. The zero-order valence-electron chi connectivity index (χ0n) is 8.66. The molecule has 0 spiro atoms. The van der Waals surface area contributed by atoms with Gasteiger partial charge in [0.2, 0.25) is 0 Å². The largest absolute Gasteiger partial charge is 0.353 e. The quantitative estimate of drug-likeness (QED) is 0.625. The summed E-state index contributed by atoms with van der Waals surface area (Å²) in [5.74, 6) is 0. The molecule has 1 aliphatic rings. The van der Waals surface area contributed by atoms with Crippen LogP contribution >= 0.6 is 0 Å². The fourth-order valence-electron chi connectivity index (χ4n) is 1.43. The van der Waals surface area contributed by atoms with Gasteiger partial charge in [0, 0.05) is 6.61 Å². The average molecular weight is 184 g/mol. The topological polar surface area (TPSA) is 18.5 Å². The van der Waals surface area contributed by atoms with Gasteiger partial charge in [0.25, 0.3) is 0 Å². The Hall–Kier alpha value is -0.340. The van der Waals surface area contributed by atoms with E-state index in [2.05, 4.69) is 26.0 Å². The number of ether oxygens (including phenoxy) is 2. The molecule has 0 aromatic carbocycles. The molecule has 0 aromatic rings. The van der Waals surface area contributed by atoms with Crippen molar-refractivity contribution in [3.8, 4) is 0 Å². The van der Waals surface area contributed by atoms with Gasteiger partial charge in [-0.3, -0.25) is 0 Å². The molecule has 0 aromatic heterocycles. The maximum atomic E-state index is 5.68. The Morgan fingerprint density at radius 1 is 1.54 bits per heavy atom. The molecule has 2 heteroatoms. The summed E-state index contributed by atoms with van der Waals surface area (Å²) in [6, 6.07) is 0. The summed E-state index contributed by atoms with van der Waals surface area (Å²) in [7, 11) is 0. The number of hydrogen-bond donors (Lipinski definition) is 0. The minimum absolute atomic E-state index is 0.0326. The minimum Gasteiger partial charge on any atom is -0.353 e. The predicted molar refractivity (Wildman–Crippen MR) is 53.6 cm³/mol. The van der Waals surface area contributed by atoms with Crippen LogP contribution in [0.3, 0.4) is 0 Å². The van der Waals surface area contributed by atoms with E-state index in [0.29, 0.717) is 0 Å². The number of hydrogen-bond acceptors (Lipinski definition) is 2. The van der Waals surface area contributed by atoms with Gasteiger partial charge in [-0.2, -0.15) is 0 Å². The van der Waals surface area contributed by atoms with Crippen molar-refractivity contribution in [1.82, 2.24) is 0 Å². The van der Waals surface area contributed by atoms with E-state index in [1.165, 1.54) is 12.8 Å². The van der Waals surface area contributed by atoms with E-state index in [1.807, 2.05) is 0 Å². The molecular weight excluding hydrogens is 164 g/mol. The Balaban J connectivity index is 2.18. The first-order valence-electron chi connectivity index (χ1n) is 5.26. The van der Waals surface area contributed by atoms with Gasteiger partial charge in [-0.15, -0.1) is 0 Å². The highest BCUT2D eigenvalue weighted by Gasteiger charge is 2.15. The Bertz CT molecular complexity index is 148. The van der Waals surface area contributed by atoms with Gasteiger partial charge < -0.3 is 9.47 Å². The lowest BCUT2D eigenvalue weighted by atomic mass is 10.2. The minimum atomic E-state index is 0.0326. The highest BCUT2D eigenvalue weighted by molar-refractivity contribution is 4.86. The molecule has 0 saturated carbocycles. The van der Waals surface area contributed by atoms with Crippen LogP contribution in [0, 0.1) is 0 Å². The molecule has 1 rings (SSSR count). The molecular formula is C11H20O2. The number of rotatable bonds is 4. The van der Waals surface area contributed by atoms with Crippen LogP contribution in [-0.4, -0.2) is 19.0 Å². The molecule has 76 valence electrons. The van der Waals surface area contributed by atoms with Crippen molar-refractivity contribution >= 4 is 0 Å². The average Bonchev–Trinajstić information content (AvgIpc) is 2.16. The molecule has 13 heavy (non-hydrogen) atoms. The summed E-state index contributed by atoms with van der Waals surface area (Å²) < 4.78 is 11.2. The van der Waals surface area contributed by atoms with Crippen LogP contribution in [-0.2, 0) is 9.47 Å². The lowest BCUT2D eigenvalue weighted by Gasteiger charge is -2.24. The third-order valence-corrected chi connectivity index (χ3v) is 2.15. The van der Waals surface area contributed by atoms with E-state index >= 15 is 0 Å². The lowest BCUT2D eigenvalue weighted by molar-refractivity contribution is -0.174. The summed E-state index contributed by atoms with van der Waals surface area (Å²) in [6.07, 6.45) is 8.97. The van der Waals surface area contributed by atoms with Gasteiger partial charge in [-0.05, 0) is 32.6 Å². The maximum Gasteiger partial charge on any atom is 0.158 e. The van der Waals surface area contributed by atoms with Crippen LogP contribution in [0.25, 0.3) is 0 Å². The van der Waals surface area contributed by atoms with Gasteiger partial charge in [-0.1, -0.05) is 19.1 Å². The van der Waals surface area contributed by atoms with Crippen molar-refractivity contribution in [2.75, 3.05) is 6.61 Å². The second-order valence-electron chi connectivity index (χ2n) is 3.47. The van der Waals surface area contributed by atoms with Crippen molar-refractivity contribution in [3.63, 3.8) is 0 Å². The van der Waals surface area contributed by atoms with Crippen LogP contribution in [0.1, 0.15) is 39.5 Å². The zero-order valence-corrected chi connectivity index (χ0v) is 8.66. The summed E-state index contributed by atoms with van der Waals surface area (Å²) in [4.78, 5) is 0. The van der Waals surface area contributed by atoms with Crippen molar-refractivity contribution in [2.45, 2.75) is 51.9 Å². The molecule has 0 radical (unpaired) electrons. The van der Waals surface area contributed by atoms with E-state index in [-0.39, 0.29) is 12.4 Å². The maximum absolute atomic E-state index is 5.68. The van der Waals surface area contributed by atoms with Crippen molar-refractivity contribution in [1.29, 1.82) is 0 Å². The van der Waals surface area contributed by atoms with Crippen LogP contribution in [0.2, 0.25) is 0 Å². The van der Waals surface area contributed by atoms with Crippen LogP contribution in [0.4, 0.5) is 0 Å². The molecule has 0 aliphatic carbocycles. The Morgan fingerprint density at radius 2 is 2.38 bits per heavy atom. The fraction of sp³-hybridized carbons (Fsp3) is 0.818. The van der Waals surface area contributed by atoms with Gasteiger partial charge in [0.15, 0.2) is 6.29 Å². The van der Waals surface area contributed by atoms with E-state index in [0.717, 1.165) is 19.4 Å². The van der Waals surface area contributed by atoms with E-state index in [1.54, 1.807) is 0 Å². The highest BCUT2D eigenvalue weighted by Crippen LogP contribution is 2.15. The first-order valence-corrected chi connectivity index (χ1v) is 5.26. The van der Waals surface area contributed by atoms with E-state index < -0.39 is 0 Å². The van der Waals surface area contributed by atoms with Gasteiger partial charge >= 0.3 is 0 Å². The lowest BCUT2D eigenvalue weighted by Crippen LogP contribution is -2.25. The molecule has 1 fully saturated rings. The number of allylic oxidation sites excluding steroid dienone is 1. The summed E-state index contributed by atoms with van der Waals surface area (Å²) in [5, 5.41) is 0. The fourth-order valence-corrected chi connectivity index (χ4v) is 1.43. The van der Waals surface area contributed by atoms with Crippen molar-refractivity contribution in [3.05, 3.63) is 12.2 Å². The summed E-state index contributed by atoms with van der Waals surface area (Å²) >= 11 is 0. The van der Waals surface area contributed by atoms with Crippen LogP contribution in [0.5, 0.6) is 0 Å². The third kappa shape index (κ3) is 4.44. The summed E-state index contributed by atoms with van der Waals surface area (Å²) in [6.45, 7) is 5.04. The standard InChI is InChI=1S/C11H20O2/c1-3-4-7-10(2)13-11-8-5-6-9-12-11/h4,7,10-11H,3,5-6,8-9H2,1-2H3. The summed E-state index contributed by atoms with van der Waals surface area (Å²) in [5.41, 5.74) is 0. The second-order valence-corrected chi connectivity index (χ2v) is 3.47. The van der Waals surface area contributed by atoms with Gasteiger partial charge in [0.05, 0.1) is 6.10 Å². The van der Waals surface area contributed by atoms with Gasteiger partial charge in [-0.25, -0.2) is 0 Å². The molecule has 0 amide bonds. The first kappa shape index (κ1) is 10.7. The van der Waals surface area contributed by atoms with E-state index in [4.69, 9.17) is 9.47 Å². The second kappa shape index (κ2) is 6.17. The van der Waals surface area contributed by atoms with E-state index in [9.17, 15) is 0 Å². The highest BCUT2D eigenvalue weighted by atomic mass is 16.7. The van der Waals surface area contributed by atoms with Crippen molar-refractivity contribution in [2.24, 2.45) is 0 Å². The molecule has 0 bridgehead atoms. The predicted octanol–water partition coefficient (Wildman–Crippen LogP) is 2.88. The van der Waals surface area contributed by atoms with Gasteiger partial charge in [0.1, 0.15) is 0 Å². The zero-order chi connectivity index (χ0) is 9.52. The molecule has 2 unspecified atom stereocenters. The van der Waals surface area contributed by atoms with Crippen LogP contribution in [0.15, 0.2) is 12.2 Å². The smallest absolute Gasteiger partial charge is 0.158 e. The SMILES string of the molecule is CCC=CC(C)OC1CCCCO1. The molecule has 2 atom stereocenters. The molecule has 1 aliphatic heterocycles. The van der Waals surface area contributed by atoms with Crippen LogP contribution < -0.4 is 0 Å². The molecule has 1 heterocycles. The van der Waals surface area contributed by atoms with Crippen molar-refractivity contribution < 1.29 is 9.47 Å². The first-order chi connectivity index (χ1) is 6.33. The third-order valence-electron chi connectivity index (χ3n) is 2.15. The normalized spacial score (nSPS) is 26.5. The monoisotopic (exact) mass is 184 g/mol. The molecule has 0 N–H and O–H groups in total. The Labute approximate surface area is 80.9 Å². The molecule has 2 nitrogen and oxygen atoms in total. The Kier molecular flexibility index (Phi) is 5.09. The molecule has 1 saturated heterocycles.